The quantitative estimate of drug-likeness (QED) is 0.776. The largest absolute Gasteiger partial charge is 0.324 e. The fraction of sp³-hybridized carbons (Fsp3) is 0.176. The van der Waals surface area contributed by atoms with E-state index >= 15 is 0 Å². The lowest BCUT2D eigenvalue weighted by atomic mass is 10.1. The number of nitrogens with zero attached hydrogens (tertiary/aromatic N) is 1. The third-order valence-electron chi connectivity index (χ3n) is 3.40. The predicted molar refractivity (Wildman–Crippen MR) is 92.6 cm³/mol. The number of benzene rings is 2. The molecule has 0 saturated heterocycles. The number of hydrogen-bond acceptors (Lipinski definition) is 3. The zero-order valence-corrected chi connectivity index (χ0v) is 14.2. The lowest BCUT2D eigenvalue weighted by Crippen LogP contribution is -2.30. The lowest BCUT2D eigenvalue weighted by Gasteiger charge is -2.16. The molecule has 2 rings (SSSR count). The summed E-state index contributed by atoms with van der Waals surface area (Å²) < 4.78 is 13.6. The summed E-state index contributed by atoms with van der Waals surface area (Å²) in [7, 11) is 0. The van der Waals surface area contributed by atoms with Gasteiger partial charge in [-0.05, 0) is 36.8 Å². The summed E-state index contributed by atoms with van der Waals surface area (Å²) in [4.78, 5) is 12.0. The zero-order valence-electron chi connectivity index (χ0n) is 12.7. The van der Waals surface area contributed by atoms with E-state index in [0.717, 1.165) is 0 Å². The molecule has 1 amide bonds. The Morgan fingerprint density at radius 2 is 2.00 bits per heavy atom. The smallest absolute Gasteiger partial charge is 0.238 e. The Labute approximate surface area is 149 Å². The first-order chi connectivity index (χ1) is 11.4. The first kappa shape index (κ1) is 18.2. The number of halogens is 3. The SMILES string of the molecule is C[C@@H](NCC(=O)Nc1ccccc1C#N)c1cc(F)c(Cl)cc1Cl. The maximum absolute atomic E-state index is 13.6. The van der Waals surface area contributed by atoms with Crippen LogP contribution in [-0.4, -0.2) is 12.5 Å². The van der Waals surface area contributed by atoms with Gasteiger partial charge in [0.2, 0.25) is 5.91 Å². The Bertz CT molecular complexity index is 805. The van der Waals surface area contributed by atoms with Gasteiger partial charge in [0.25, 0.3) is 0 Å². The minimum atomic E-state index is -0.572. The van der Waals surface area contributed by atoms with Gasteiger partial charge in [0.15, 0.2) is 0 Å². The van der Waals surface area contributed by atoms with Crippen molar-refractivity contribution in [3.8, 4) is 6.07 Å². The molecule has 4 nitrogen and oxygen atoms in total. The molecular weight excluding hydrogens is 352 g/mol. The van der Waals surface area contributed by atoms with Crippen LogP contribution in [0.5, 0.6) is 0 Å². The second kappa shape index (κ2) is 8.11. The molecule has 0 aliphatic carbocycles. The molecule has 0 bridgehead atoms. The van der Waals surface area contributed by atoms with E-state index in [2.05, 4.69) is 10.6 Å². The van der Waals surface area contributed by atoms with Gasteiger partial charge in [-0.1, -0.05) is 35.3 Å². The van der Waals surface area contributed by atoms with Gasteiger partial charge in [0, 0.05) is 11.1 Å². The molecule has 1 atom stereocenters. The second-order valence-corrected chi connectivity index (χ2v) is 5.91. The van der Waals surface area contributed by atoms with Crippen LogP contribution in [0.4, 0.5) is 10.1 Å². The number of carbonyl (C=O) groups is 1. The van der Waals surface area contributed by atoms with Gasteiger partial charge in [0.05, 0.1) is 22.8 Å². The fourth-order valence-electron chi connectivity index (χ4n) is 2.11. The highest BCUT2D eigenvalue weighted by atomic mass is 35.5. The van der Waals surface area contributed by atoms with E-state index in [9.17, 15) is 9.18 Å². The van der Waals surface area contributed by atoms with Crippen LogP contribution in [-0.2, 0) is 4.79 Å². The summed E-state index contributed by atoms with van der Waals surface area (Å²) in [6.07, 6.45) is 0. The number of carbonyl (C=O) groups excluding carboxylic acids is 1. The predicted octanol–water partition coefficient (Wildman–Crippen LogP) is 4.29. The van der Waals surface area contributed by atoms with Crippen LogP contribution in [0.3, 0.4) is 0 Å². The number of rotatable bonds is 5. The van der Waals surface area contributed by atoms with Crippen LogP contribution in [0.15, 0.2) is 36.4 Å². The maximum atomic E-state index is 13.6. The normalized spacial score (nSPS) is 11.6. The second-order valence-electron chi connectivity index (χ2n) is 5.10. The van der Waals surface area contributed by atoms with Gasteiger partial charge in [-0.2, -0.15) is 5.26 Å². The first-order valence-corrected chi connectivity index (χ1v) is 7.84. The molecular formula is C17H14Cl2FN3O. The van der Waals surface area contributed by atoms with Crippen molar-refractivity contribution < 1.29 is 9.18 Å². The molecule has 0 spiro atoms. The van der Waals surface area contributed by atoms with Gasteiger partial charge < -0.3 is 10.6 Å². The van der Waals surface area contributed by atoms with Gasteiger partial charge in [-0.25, -0.2) is 4.39 Å². The summed E-state index contributed by atoms with van der Waals surface area (Å²) in [5.74, 6) is -0.896. The first-order valence-electron chi connectivity index (χ1n) is 7.09. The Balaban J connectivity index is 1.99. The van der Waals surface area contributed by atoms with Gasteiger partial charge in [-0.15, -0.1) is 0 Å². The summed E-state index contributed by atoms with van der Waals surface area (Å²) in [5.41, 5.74) is 1.32. The van der Waals surface area contributed by atoms with Crippen molar-refractivity contribution in [3.05, 3.63) is 63.4 Å². The molecule has 0 radical (unpaired) electrons. The van der Waals surface area contributed by atoms with Crippen molar-refractivity contribution in [3.63, 3.8) is 0 Å². The van der Waals surface area contributed by atoms with Gasteiger partial charge in [0.1, 0.15) is 11.9 Å². The minimum Gasteiger partial charge on any atom is -0.324 e. The number of hydrogen-bond donors (Lipinski definition) is 2. The molecule has 0 aliphatic heterocycles. The Morgan fingerprint density at radius 1 is 1.29 bits per heavy atom. The lowest BCUT2D eigenvalue weighted by molar-refractivity contribution is -0.115. The third kappa shape index (κ3) is 4.45. The molecule has 0 aliphatic rings. The average Bonchev–Trinajstić information content (AvgIpc) is 2.56. The van der Waals surface area contributed by atoms with Crippen LogP contribution in [0.2, 0.25) is 10.0 Å². The Hall–Kier alpha value is -2.13. The maximum Gasteiger partial charge on any atom is 0.238 e. The van der Waals surface area contributed by atoms with Crippen LogP contribution in [0.1, 0.15) is 24.1 Å². The van der Waals surface area contributed by atoms with Crippen LogP contribution in [0.25, 0.3) is 0 Å². The van der Waals surface area contributed by atoms with E-state index in [0.29, 0.717) is 21.8 Å². The number of nitrogens with one attached hydrogen (secondary N) is 2. The van der Waals surface area contributed by atoms with E-state index in [-0.39, 0.29) is 23.5 Å². The van der Waals surface area contributed by atoms with Crippen molar-refractivity contribution in [1.82, 2.24) is 5.32 Å². The van der Waals surface area contributed by atoms with Crippen molar-refractivity contribution >= 4 is 34.8 Å². The monoisotopic (exact) mass is 365 g/mol. The zero-order chi connectivity index (χ0) is 17.7. The minimum absolute atomic E-state index is 0.0263. The summed E-state index contributed by atoms with van der Waals surface area (Å²) in [6.45, 7) is 1.73. The van der Waals surface area contributed by atoms with Crippen molar-refractivity contribution in [2.45, 2.75) is 13.0 Å². The standard InChI is InChI=1S/C17H14Cl2FN3O/c1-10(12-6-15(20)14(19)7-13(12)18)22-9-17(24)23-16-5-3-2-4-11(16)8-21/h2-7,10,22H,9H2,1H3,(H,23,24)/t10-/m1/s1. The third-order valence-corrected chi connectivity index (χ3v) is 4.01. The van der Waals surface area contributed by atoms with E-state index in [1.807, 2.05) is 6.07 Å². The van der Waals surface area contributed by atoms with Crippen molar-refractivity contribution in [2.24, 2.45) is 0 Å². The molecule has 2 aromatic rings. The highest BCUT2D eigenvalue weighted by molar-refractivity contribution is 6.35. The fourth-order valence-corrected chi connectivity index (χ4v) is 2.66. The summed E-state index contributed by atoms with van der Waals surface area (Å²) in [5, 5.41) is 14.9. The molecule has 124 valence electrons. The summed E-state index contributed by atoms with van der Waals surface area (Å²) >= 11 is 11.7. The number of nitriles is 1. The number of para-hydroxylation sites is 1. The molecule has 0 aromatic heterocycles. The molecule has 7 heteroatoms. The highest BCUT2D eigenvalue weighted by Gasteiger charge is 2.14. The summed E-state index contributed by atoms with van der Waals surface area (Å²) in [6, 6.07) is 10.9. The molecule has 0 heterocycles. The number of amides is 1. The molecule has 0 fully saturated rings. The molecule has 24 heavy (non-hydrogen) atoms. The Kier molecular flexibility index (Phi) is 6.16. The molecule has 0 unspecified atom stereocenters. The van der Waals surface area contributed by atoms with Crippen molar-refractivity contribution in [2.75, 3.05) is 11.9 Å². The van der Waals surface area contributed by atoms with E-state index in [4.69, 9.17) is 28.5 Å². The average molecular weight is 366 g/mol. The number of anilines is 1. The van der Waals surface area contributed by atoms with Gasteiger partial charge >= 0.3 is 0 Å². The Morgan fingerprint density at radius 3 is 2.71 bits per heavy atom. The van der Waals surface area contributed by atoms with E-state index in [1.54, 1.807) is 31.2 Å². The van der Waals surface area contributed by atoms with Gasteiger partial charge in [-0.3, -0.25) is 4.79 Å². The van der Waals surface area contributed by atoms with E-state index in [1.165, 1.54) is 12.1 Å². The van der Waals surface area contributed by atoms with Crippen molar-refractivity contribution in [1.29, 1.82) is 5.26 Å². The highest BCUT2D eigenvalue weighted by Crippen LogP contribution is 2.28. The molecule has 2 aromatic carbocycles. The van der Waals surface area contributed by atoms with Crippen LogP contribution >= 0.6 is 23.2 Å². The topological polar surface area (TPSA) is 64.9 Å². The molecule has 0 saturated carbocycles. The van der Waals surface area contributed by atoms with Crippen LogP contribution in [0, 0.1) is 17.1 Å². The van der Waals surface area contributed by atoms with Crippen LogP contribution < -0.4 is 10.6 Å². The van der Waals surface area contributed by atoms with E-state index < -0.39 is 5.82 Å². The molecule has 2 N–H and O–H groups in total.